The second-order valence-corrected chi connectivity index (χ2v) is 6.62. The van der Waals surface area contributed by atoms with Crippen molar-refractivity contribution in [3.63, 3.8) is 0 Å². The molecule has 118 valence electrons. The first kappa shape index (κ1) is 15.5. The maximum absolute atomic E-state index is 9.89. The molecule has 4 heteroatoms. The van der Waals surface area contributed by atoms with Gasteiger partial charge in [-0.2, -0.15) is 0 Å². The number of aliphatic hydroxyl groups is 1. The minimum atomic E-state index is 0.0160. The van der Waals surface area contributed by atoms with Crippen molar-refractivity contribution in [3.8, 4) is 0 Å². The van der Waals surface area contributed by atoms with Gasteiger partial charge in [0.15, 0.2) is 5.05 Å². The summed E-state index contributed by atoms with van der Waals surface area (Å²) < 4.78 is 0. The number of nitrogens with one attached hydrogen (secondary N) is 1. The molecule has 22 heavy (non-hydrogen) atoms. The summed E-state index contributed by atoms with van der Waals surface area (Å²) in [6.07, 6.45) is 6.52. The van der Waals surface area contributed by atoms with Crippen molar-refractivity contribution >= 4 is 28.2 Å². The normalized spacial score (nSPS) is 17.3. The van der Waals surface area contributed by atoms with Crippen molar-refractivity contribution in [2.45, 2.75) is 45.6 Å². The van der Waals surface area contributed by atoms with Crippen LogP contribution in [0.5, 0.6) is 0 Å². The lowest BCUT2D eigenvalue weighted by Gasteiger charge is -2.34. The summed E-state index contributed by atoms with van der Waals surface area (Å²) >= 11 is 5.06. The van der Waals surface area contributed by atoms with E-state index in [-0.39, 0.29) is 5.05 Å². The molecule has 1 aliphatic rings. The largest absolute Gasteiger partial charge is 0.499 e. The third kappa shape index (κ3) is 2.66. The van der Waals surface area contributed by atoms with Gasteiger partial charge in [-0.3, -0.25) is 4.90 Å². The Bertz CT molecular complexity index is 686. The molecular weight excluding hydrogens is 292 g/mol. The van der Waals surface area contributed by atoms with Crippen LogP contribution in [-0.4, -0.2) is 39.2 Å². The lowest BCUT2D eigenvalue weighted by Crippen LogP contribution is -2.41. The molecule has 1 aromatic carbocycles. The molecule has 3 rings (SSSR count). The number of nitrogens with zero attached hydrogens (tertiary/aromatic N) is 1. The van der Waals surface area contributed by atoms with Gasteiger partial charge in [0.2, 0.25) is 0 Å². The van der Waals surface area contributed by atoms with Gasteiger partial charge in [0.25, 0.3) is 0 Å². The van der Waals surface area contributed by atoms with Crippen LogP contribution >= 0.6 is 12.2 Å². The molecule has 1 aliphatic carbocycles. The Hall–Kier alpha value is -1.39. The first-order valence-corrected chi connectivity index (χ1v) is 8.65. The Morgan fingerprint density at radius 2 is 2.00 bits per heavy atom. The van der Waals surface area contributed by atoms with Crippen LogP contribution in [0, 0.1) is 0 Å². The predicted octanol–water partition coefficient (Wildman–Crippen LogP) is 3.99. The van der Waals surface area contributed by atoms with Gasteiger partial charge in [0, 0.05) is 28.7 Å². The fourth-order valence-electron chi connectivity index (χ4n) is 3.82. The van der Waals surface area contributed by atoms with Crippen molar-refractivity contribution in [1.29, 1.82) is 0 Å². The summed E-state index contributed by atoms with van der Waals surface area (Å²) in [5.41, 5.74) is 4.56. The van der Waals surface area contributed by atoms with E-state index in [0.717, 1.165) is 37.0 Å². The molecule has 0 saturated carbocycles. The number of rotatable bonds is 6. The number of hydrogen-bond acceptors (Lipinski definition) is 2. The number of hydrogen-bond donors (Lipinski definition) is 2. The molecule has 1 aromatic heterocycles. The molecule has 0 bridgehead atoms. The van der Waals surface area contributed by atoms with Gasteiger partial charge in [-0.05, 0) is 74.3 Å². The Balaban J connectivity index is 2.02. The highest BCUT2D eigenvalue weighted by atomic mass is 32.1. The molecule has 1 atom stereocenters. The van der Waals surface area contributed by atoms with Crippen LogP contribution in [0.3, 0.4) is 0 Å². The number of benzene rings is 1. The van der Waals surface area contributed by atoms with Gasteiger partial charge in [-0.15, -0.1) is 0 Å². The topological polar surface area (TPSA) is 39.3 Å². The summed E-state index contributed by atoms with van der Waals surface area (Å²) in [5.74, 6) is 0. The molecule has 0 fully saturated rings. The summed E-state index contributed by atoms with van der Waals surface area (Å²) in [4.78, 5) is 5.96. The Labute approximate surface area is 137 Å². The van der Waals surface area contributed by atoms with Crippen molar-refractivity contribution in [2.75, 3.05) is 13.1 Å². The highest BCUT2D eigenvalue weighted by Crippen LogP contribution is 2.34. The number of aromatic amines is 1. The predicted molar refractivity (Wildman–Crippen MR) is 96.0 cm³/mol. The SMILES string of the molecule is CCCN(CCC)C1Cc2c[nH]c3ccc(C(O)=S)c(c23)C1. The maximum Gasteiger partial charge on any atom is 0.188 e. The summed E-state index contributed by atoms with van der Waals surface area (Å²) in [6, 6.07) is 4.48. The molecule has 0 amide bonds. The lowest BCUT2D eigenvalue weighted by molar-refractivity contribution is 0.192. The standard InChI is InChI=1S/C18H24N2OS/c1-3-7-20(8-4-2)13-9-12-11-19-16-6-5-14(18(21)22)15(10-13)17(12)16/h5-6,11,13,19H,3-4,7-10H2,1-2H3,(H,21,22). The number of aliphatic hydroxyl groups excluding tert-OH is 1. The van der Waals surface area contributed by atoms with E-state index in [9.17, 15) is 5.11 Å². The molecule has 0 aliphatic heterocycles. The van der Waals surface area contributed by atoms with Crippen LogP contribution in [0.15, 0.2) is 18.3 Å². The zero-order valence-electron chi connectivity index (χ0n) is 13.4. The molecule has 1 unspecified atom stereocenters. The van der Waals surface area contributed by atoms with E-state index in [1.54, 1.807) is 0 Å². The first-order chi connectivity index (χ1) is 10.7. The zero-order valence-corrected chi connectivity index (χ0v) is 14.2. The van der Waals surface area contributed by atoms with Crippen LogP contribution in [0.4, 0.5) is 0 Å². The fraction of sp³-hybridized carbons (Fsp3) is 0.500. The molecular formula is C18H24N2OS. The molecule has 1 heterocycles. The minimum absolute atomic E-state index is 0.0160. The van der Waals surface area contributed by atoms with Gasteiger partial charge >= 0.3 is 0 Å². The Morgan fingerprint density at radius 3 is 2.64 bits per heavy atom. The Kier molecular flexibility index (Phi) is 4.50. The van der Waals surface area contributed by atoms with E-state index in [0.29, 0.717) is 6.04 Å². The lowest BCUT2D eigenvalue weighted by atomic mass is 9.85. The molecule has 3 nitrogen and oxygen atoms in total. The van der Waals surface area contributed by atoms with Crippen LogP contribution in [0.2, 0.25) is 0 Å². The van der Waals surface area contributed by atoms with E-state index in [1.165, 1.54) is 29.4 Å². The average Bonchev–Trinajstić information content (AvgIpc) is 2.91. The Morgan fingerprint density at radius 1 is 1.27 bits per heavy atom. The van der Waals surface area contributed by atoms with Gasteiger partial charge in [-0.1, -0.05) is 13.8 Å². The smallest absolute Gasteiger partial charge is 0.188 e. The molecule has 2 aromatic rings. The van der Waals surface area contributed by atoms with E-state index >= 15 is 0 Å². The van der Waals surface area contributed by atoms with Crippen molar-refractivity contribution in [1.82, 2.24) is 9.88 Å². The molecule has 0 saturated heterocycles. The highest BCUT2D eigenvalue weighted by molar-refractivity contribution is 7.80. The molecule has 2 N–H and O–H groups in total. The third-order valence-electron chi connectivity index (χ3n) is 4.70. The van der Waals surface area contributed by atoms with Crippen molar-refractivity contribution < 1.29 is 5.11 Å². The van der Waals surface area contributed by atoms with E-state index < -0.39 is 0 Å². The fourth-order valence-corrected chi connectivity index (χ4v) is 4.01. The van der Waals surface area contributed by atoms with Gasteiger partial charge in [0.05, 0.1) is 0 Å². The molecule has 0 radical (unpaired) electrons. The quantitative estimate of drug-likeness (QED) is 0.792. The highest BCUT2D eigenvalue weighted by Gasteiger charge is 2.28. The van der Waals surface area contributed by atoms with Crippen molar-refractivity contribution in [2.24, 2.45) is 0 Å². The monoisotopic (exact) mass is 316 g/mol. The summed E-state index contributed by atoms with van der Waals surface area (Å²) in [7, 11) is 0. The van der Waals surface area contributed by atoms with Crippen LogP contribution in [0.25, 0.3) is 10.9 Å². The second kappa shape index (κ2) is 6.39. The summed E-state index contributed by atoms with van der Waals surface area (Å²) in [5, 5.41) is 11.2. The van der Waals surface area contributed by atoms with Crippen LogP contribution < -0.4 is 0 Å². The second-order valence-electron chi connectivity index (χ2n) is 6.23. The van der Waals surface area contributed by atoms with Crippen molar-refractivity contribution in [3.05, 3.63) is 35.0 Å². The van der Waals surface area contributed by atoms with Gasteiger partial charge in [0.1, 0.15) is 0 Å². The van der Waals surface area contributed by atoms with Crippen LogP contribution in [0.1, 0.15) is 43.4 Å². The van der Waals surface area contributed by atoms with E-state index in [2.05, 4.69) is 29.9 Å². The minimum Gasteiger partial charge on any atom is -0.499 e. The average molecular weight is 316 g/mol. The maximum atomic E-state index is 9.89. The van der Waals surface area contributed by atoms with Crippen LogP contribution in [-0.2, 0) is 12.8 Å². The van der Waals surface area contributed by atoms with E-state index in [4.69, 9.17) is 12.2 Å². The number of aromatic nitrogens is 1. The molecule has 0 spiro atoms. The van der Waals surface area contributed by atoms with Gasteiger partial charge < -0.3 is 10.1 Å². The number of H-pyrrole nitrogens is 1. The first-order valence-electron chi connectivity index (χ1n) is 8.24. The van der Waals surface area contributed by atoms with Gasteiger partial charge in [-0.25, -0.2) is 0 Å². The summed E-state index contributed by atoms with van der Waals surface area (Å²) in [6.45, 7) is 6.74. The number of thiocarbonyl (C=S) groups is 1. The zero-order chi connectivity index (χ0) is 15.7. The van der Waals surface area contributed by atoms with E-state index in [1.807, 2.05) is 12.1 Å². The third-order valence-corrected chi connectivity index (χ3v) is 4.92.